The molecule has 0 bridgehead atoms. The first-order chi connectivity index (χ1) is 11.9. The summed E-state index contributed by atoms with van der Waals surface area (Å²) in [6.45, 7) is 2.34. The van der Waals surface area contributed by atoms with E-state index in [4.69, 9.17) is 4.74 Å². The van der Waals surface area contributed by atoms with Gasteiger partial charge in [0.15, 0.2) is 5.82 Å². The molecule has 0 saturated heterocycles. The first kappa shape index (κ1) is 18.7. The van der Waals surface area contributed by atoms with Crippen molar-refractivity contribution in [2.75, 3.05) is 27.7 Å². The molecule has 0 fully saturated rings. The first-order valence-electron chi connectivity index (χ1n) is 8.11. The van der Waals surface area contributed by atoms with Gasteiger partial charge in [-0.25, -0.2) is 4.79 Å². The van der Waals surface area contributed by atoms with Crippen LogP contribution in [0.5, 0.6) is 5.75 Å². The molecule has 1 aromatic heterocycles. The number of benzene rings is 1. The topological polar surface area (TPSA) is 84.3 Å². The van der Waals surface area contributed by atoms with Crippen molar-refractivity contribution in [2.45, 2.75) is 19.0 Å². The number of nitrogens with one attached hydrogen (secondary N) is 2. The average molecular weight is 346 g/mol. The molecule has 0 aliphatic carbocycles. The van der Waals surface area contributed by atoms with Crippen LogP contribution in [-0.4, -0.2) is 53.4 Å². The minimum atomic E-state index is -0.245. The third-order valence-electron chi connectivity index (χ3n) is 4.04. The Morgan fingerprint density at radius 2 is 2.16 bits per heavy atom. The molecule has 0 spiro atoms. The summed E-state index contributed by atoms with van der Waals surface area (Å²) in [4.78, 5) is 14.3. The number of likely N-dealkylation sites (N-methyl/N-ethyl adjacent to an activating group) is 1. The lowest BCUT2D eigenvalue weighted by atomic mass is 10.1. The van der Waals surface area contributed by atoms with Crippen LogP contribution in [0.15, 0.2) is 30.6 Å². The second-order valence-corrected chi connectivity index (χ2v) is 6.13. The smallest absolute Gasteiger partial charge is 0.315 e. The Bertz CT molecular complexity index is 700. The van der Waals surface area contributed by atoms with Crippen molar-refractivity contribution in [1.29, 1.82) is 0 Å². The summed E-state index contributed by atoms with van der Waals surface area (Å²) in [6.07, 6.45) is 1.61. The number of rotatable bonds is 7. The number of methoxy groups -OCH3 is 1. The first-order valence-corrected chi connectivity index (χ1v) is 8.11. The van der Waals surface area contributed by atoms with Crippen LogP contribution in [0.4, 0.5) is 4.79 Å². The second-order valence-electron chi connectivity index (χ2n) is 6.13. The minimum Gasteiger partial charge on any atom is -0.497 e. The highest BCUT2D eigenvalue weighted by Crippen LogP contribution is 2.22. The summed E-state index contributed by atoms with van der Waals surface area (Å²) in [5.41, 5.74) is 1.07. The maximum atomic E-state index is 12.2. The lowest BCUT2D eigenvalue weighted by Crippen LogP contribution is -2.41. The SMILES string of the molecule is COc1cccc([C@@H](CNC(=O)N[C@@H](C)c2nncn2C)N(C)C)c1. The number of hydrogen-bond donors (Lipinski definition) is 2. The lowest BCUT2D eigenvalue weighted by molar-refractivity contribution is 0.229. The van der Waals surface area contributed by atoms with Gasteiger partial charge in [-0.05, 0) is 38.7 Å². The quantitative estimate of drug-likeness (QED) is 0.793. The highest BCUT2D eigenvalue weighted by atomic mass is 16.5. The number of urea groups is 1. The molecule has 136 valence electrons. The summed E-state index contributed by atoms with van der Waals surface area (Å²) >= 11 is 0. The summed E-state index contributed by atoms with van der Waals surface area (Å²) in [7, 11) is 7.44. The van der Waals surface area contributed by atoms with Crippen molar-refractivity contribution in [2.24, 2.45) is 7.05 Å². The van der Waals surface area contributed by atoms with Crippen molar-refractivity contribution in [1.82, 2.24) is 30.3 Å². The van der Waals surface area contributed by atoms with Crippen molar-refractivity contribution in [3.63, 3.8) is 0 Å². The van der Waals surface area contributed by atoms with Gasteiger partial charge in [-0.2, -0.15) is 0 Å². The van der Waals surface area contributed by atoms with Gasteiger partial charge >= 0.3 is 6.03 Å². The molecule has 0 aliphatic rings. The molecule has 8 heteroatoms. The molecule has 0 saturated carbocycles. The van der Waals surface area contributed by atoms with E-state index in [0.29, 0.717) is 12.4 Å². The fourth-order valence-corrected chi connectivity index (χ4v) is 2.63. The number of ether oxygens (including phenoxy) is 1. The fraction of sp³-hybridized carbons (Fsp3) is 0.471. The molecular weight excluding hydrogens is 320 g/mol. The number of amides is 2. The van der Waals surface area contributed by atoms with Gasteiger partial charge in [-0.3, -0.25) is 0 Å². The molecule has 2 atom stereocenters. The fourth-order valence-electron chi connectivity index (χ4n) is 2.63. The van der Waals surface area contributed by atoms with Crippen LogP contribution in [0.2, 0.25) is 0 Å². The summed E-state index contributed by atoms with van der Waals surface area (Å²) < 4.78 is 7.06. The van der Waals surface area contributed by atoms with Gasteiger partial charge in [0.1, 0.15) is 12.1 Å². The largest absolute Gasteiger partial charge is 0.497 e. The second kappa shape index (κ2) is 8.48. The van der Waals surface area contributed by atoms with Crippen molar-refractivity contribution < 1.29 is 9.53 Å². The van der Waals surface area contributed by atoms with Crippen LogP contribution in [0, 0.1) is 0 Å². The van der Waals surface area contributed by atoms with E-state index in [1.807, 2.05) is 52.3 Å². The Morgan fingerprint density at radius 1 is 1.40 bits per heavy atom. The zero-order valence-electron chi connectivity index (χ0n) is 15.4. The molecule has 2 N–H and O–H groups in total. The molecule has 1 aromatic carbocycles. The van der Waals surface area contributed by atoms with E-state index in [-0.39, 0.29) is 18.1 Å². The summed E-state index contributed by atoms with van der Waals surface area (Å²) in [6, 6.07) is 7.40. The third-order valence-corrected chi connectivity index (χ3v) is 4.04. The van der Waals surface area contributed by atoms with Crippen molar-refractivity contribution in [3.8, 4) is 5.75 Å². The molecule has 8 nitrogen and oxygen atoms in total. The van der Waals surface area contributed by atoms with Gasteiger partial charge in [-0.1, -0.05) is 12.1 Å². The van der Waals surface area contributed by atoms with Gasteiger partial charge < -0.3 is 24.8 Å². The van der Waals surface area contributed by atoms with Gasteiger partial charge in [0, 0.05) is 13.6 Å². The number of carbonyl (C=O) groups excluding carboxylic acids is 1. The number of hydrogen-bond acceptors (Lipinski definition) is 5. The van der Waals surface area contributed by atoms with Gasteiger partial charge in [0.05, 0.1) is 19.2 Å². The predicted molar refractivity (Wildman–Crippen MR) is 95.4 cm³/mol. The van der Waals surface area contributed by atoms with E-state index in [1.54, 1.807) is 18.0 Å². The minimum absolute atomic E-state index is 0.0333. The molecule has 0 unspecified atom stereocenters. The molecular formula is C17H26N6O2. The van der Waals surface area contributed by atoms with Crippen LogP contribution >= 0.6 is 0 Å². The van der Waals surface area contributed by atoms with Crippen LogP contribution < -0.4 is 15.4 Å². The summed E-state index contributed by atoms with van der Waals surface area (Å²) in [5.74, 6) is 1.50. The number of nitrogens with zero attached hydrogens (tertiary/aromatic N) is 4. The highest BCUT2D eigenvalue weighted by Gasteiger charge is 2.18. The molecule has 2 rings (SSSR count). The zero-order chi connectivity index (χ0) is 18.4. The van der Waals surface area contributed by atoms with Crippen LogP contribution in [0.25, 0.3) is 0 Å². The lowest BCUT2D eigenvalue weighted by Gasteiger charge is -2.26. The van der Waals surface area contributed by atoms with E-state index in [2.05, 4.69) is 25.7 Å². The maximum Gasteiger partial charge on any atom is 0.315 e. The third kappa shape index (κ3) is 4.93. The van der Waals surface area contributed by atoms with Crippen molar-refractivity contribution >= 4 is 6.03 Å². The monoisotopic (exact) mass is 346 g/mol. The molecule has 2 amide bonds. The number of aromatic nitrogens is 3. The maximum absolute atomic E-state index is 12.2. The molecule has 1 heterocycles. The number of aryl methyl sites for hydroxylation is 1. The zero-order valence-corrected chi connectivity index (χ0v) is 15.4. The van der Waals surface area contributed by atoms with Crippen LogP contribution in [-0.2, 0) is 7.05 Å². The van der Waals surface area contributed by atoms with E-state index < -0.39 is 0 Å². The summed E-state index contributed by atoms with van der Waals surface area (Å²) in [5, 5.41) is 13.6. The Hall–Kier alpha value is -2.61. The molecule has 0 radical (unpaired) electrons. The van der Waals surface area contributed by atoms with Gasteiger partial charge in [-0.15, -0.1) is 10.2 Å². The highest BCUT2D eigenvalue weighted by molar-refractivity contribution is 5.74. The Kier molecular flexibility index (Phi) is 6.35. The number of carbonyl (C=O) groups is 1. The molecule has 25 heavy (non-hydrogen) atoms. The van der Waals surface area contributed by atoms with E-state index in [9.17, 15) is 4.79 Å². The average Bonchev–Trinajstić information content (AvgIpc) is 3.01. The van der Waals surface area contributed by atoms with Crippen molar-refractivity contribution in [3.05, 3.63) is 42.0 Å². The molecule has 0 aliphatic heterocycles. The Morgan fingerprint density at radius 3 is 2.76 bits per heavy atom. The van der Waals surface area contributed by atoms with Crippen LogP contribution in [0.1, 0.15) is 30.4 Å². The normalized spacial score (nSPS) is 13.4. The van der Waals surface area contributed by atoms with Gasteiger partial charge in [0.2, 0.25) is 0 Å². The van der Waals surface area contributed by atoms with Gasteiger partial charge in [0.25, 0.3) is 0 Å². The molecule has 2 aromatic rings. The predicted octanol–water partition coefficient (Wildman–Crippen LogP) is 1.49. The van der Waals surface area contributed by atoms with E-state index >= 15 is 0 Å². The van der Waals surface area contributed by atoms with E-state index in [1.165, 1.54) is 0 Å². The standard InChI is InChI=1S/C17H26N6O2/c1-12(16-21-19-11-23(16)4)20-17(24)18-10-15(22(2)3)13-7-6-8-14(9-13)25-5/h6-9,11-12,15H,10H2,1-5H3,(H2,18,20,24)/t12-,15+/m0/s1. The van der Waals surface area contributed by atoms with Crippen LogP contribution in [0.3, 0.4) is 0 Å². The Labute approximate surface area is 148 Å². The Balaban J connectivity index is 1.96. The van der Waals surface area contributed by atoms with E-state index in [0.717, 1.165) is 11.3 Å².